The van der Waals surface area contributed by atoms with Crippen molar-refractivity contribution < 1.29 is 113 Å². The maximum atomic E-state index is 11.6. The molecule has 0 radical (unpaired) electrons. The van der Waals surface area contributed by atoms with Gasteiger partial charge in [0, 0.05) is 25.7 Å². The molecule has 0 amide bonds. The fraction of sp³-hybridized carbons (Fsp3) is 0.684. The van der Waals surface area contributed by atoms with Crippen LogP contribution in [0.1, 0.15) is 59.8 Å². The number of carboxylic acids is 1. The molecule has 0 atom stereocenters. The van der Waals surface area contributed by atoms with Gasteiger partial charge in [-0.2, -0.15) is 0 Å². The second-order valence-corrected chi connectivity index (χ2v) is 5.25. The van der Waals surface area contributed by atoms with Crippen molar-refractivity contribution >= 4 is 23.7 Å². The zero-order valence-corrected chi connectivity index (χ0v) is 20.7. The number of hydrogen-bond acceptors (Lipinski definition) is 8. The van der Waals surface area contributed by atoms with Crippen LogP contribution >= 0.6 is 0 Å². The third kappa shape index (κ3) is 41.7. The molecule has 0 unspecified atom stereocenters. The average Bonchev–Trinajstić information content (AvgIpc) is 2.66. The van der Waals surface area contributed by atoms with Crippen LogP contribution in [0.4, 0.5) is 17.6 Å². The predicted molar refractivity (Wildman–Crippen MR) is 105 cm³/mol. The Morgan fingerprint density at radius 1 is 0.909 bits per heavy atom. The first-order valence-corrected chi connectivity index (χ1v) is 8.34. The van der Waals surface area contributed by atoms with Crippen LogP contribution in [0.2, 0.25) is 0 Å². The van der Waals surface area contributed by atoms with Gasteiger partial charge in [-0.3, -0.25) is 14.4 Å². The van der Waals surface area contributed by atoms with Crippen molar-refractivity contribution in [3.05, 3.63) is 12.3 Å². The number of alkyl halides is 4. The van der Waals surface area contributed by atoms with Crippen LogP contribution in [0.25, 0.3) is 0 Å². The van der Waals surface area contributed by atoms with Gasteiger partial charge in [-0.15, -0.1) is 0 Å². The van der Waals surface area contributed by atoms with Crippen molar-refractivity contribution in [3.63, 3.8) is 0 Å². The molecule has 0 rings (SSSR count). The van der Waals surface area contributed by atoms with Crippen molar-refractivity contribution in [2.45, 2.75) is 72.6 Å². The van der Waals surface area contributed by atoms with E-state index in [1.165, 1.54) is 7.11 Å². The van der Waals surface area contributed by atoms with E-state index in [0.717, 1.165) is 7.11 Å². The maximum absolute atomic E-state index is 11.6. The van der Waals surface area contributed by atoms with E-state index < -0.39 is 36.5 Å². The van der Waals surface area contributed by atoms with Gasteiger partial charge in [0.25, 0.3) is 0 Å². The van der Waals surface area contributed by atoms with E-state index >= 15 is 0 Å². The topological polar surface area (TPSA) is 139 Å². The maximum Gasteiger partial charge on any atom is 1.00 e. The molecule has 0 spiro atoms. The molecular formula is C19H33F4KO9. The summed E-state index contributed by atoms with van der Waals surface area (Å²) in [6.07, 6.45) is -5.65. The van der Waals surface area contributed by atoms with Gasteiger partial charge in [0.15, 0.2) is 5.76 Å². The second kappa shape index (κ2) is 30.9. The number of aliphatic carboxylic acids is 1. The van der Waals surface area contributed by atoms with Crippen LogP contribution in [0.3, 0.4) is 0 Å². The molecule has 0 saturated carbocycles. The van der Waals surface area contributed by atoms with Gasteiger partial charge in [0.05, 0.1) is 14.2 Å². The summed E-state index contributed by atoms with van der Waals surface area (Å²) < 4.78 is 54.1. The largest absolute Gasteiger partial charge is 1.00 e. The number of esters is 2. The van der Waals surface area contributed by atoms with Crippen LogP contribution in [-0.4, -0.2) is 55.9 Å². The third-order valence-electron chi connectivity index (χ3n) is 2.77. The Kier molecular flexibility index (Phi) is 42.6. The zero-order chi connectivity index (χ0) is 24.1. The first-order chi connectivity index (χ1) is 13.9. The minimum atomic E-state index is -2.38. The molecule has 9 nitrogen and oxygen atoms in total. The number of carbonyl (C=O) groups excluding carboxylic acids is 3. The minimum Gasteiger partial charge on any atom is -0.664 e. The number of Topliss-reactive ketones (excluding diaryl/α,β-unsaturated/α-hetero) is 1. The number of carboxylic acid groups (broad SMARTS) is 1. The molecule has 0 aliphatic rings. The monoisotopic (exact) mass is 520 g/mol. The predicted octanol–water partition coefficient (Wildman–Crippen LogP) is 0.302. The van der Waals surface area contributed by atoms with Crippen LogP contribution in [0.5, 0.6) is 0 Å². The van der Waals surface area contributed by atoms with Crippen LogP contribution < -0.4 is 56.6 Å². The number of ether oxygens (including phenoxy) is 2. The molecule has 0 heterocycles. The molecule has 33 heavy (non-hydrogen) atoms. The van der Waals surface area contributed by atoms with Gasteiger partial charge in [-0.05, 0) is 19.4 Å². The smallest absolute Gasteiger partial charge is 0.664 e. The van der Waals surface area contributed by atoms with Gasteiger partial charge in [0.2, 0.25) is 12.9 Å². The number of halogens is 4. The SMILES string of the molecule is C.C.C=C(O[O-])C(=O)OC.COC(=O)CC(=O)CCCC(F)F.O=C(O)CCCC(F)F.[K+]. The van der Waals surface area contributed by atoms with Crippen molar-refractivity contribution in [2.24, 2.45) is 0 Å². The fourth-order valence-corrected chi connectivity index (χ4v) is 1.33. The summed E-state index contributed by atoms with van der Waals surface area (Å²) in [5, 5.41) is 17.3. The normalized spacial score (nSPS) is 8.64. The Hall–Kier alpha value is -1.06. The van der Waals surface area contributed by atoms with Crippen LogP contribution in [0, 0.1) is 0 Å². The quantitative estimate of drug-likeness (QED) is 0.0563. The Labute approximate surface area is 234 Å². The van der Waals surface area contributed by atoms with Crippen LogP contribution in [-0.2, 0) is 33.5 Å². The van der Waals surface area contributed by atoms with Crippen molar-refractivity contribution in [1.82, 2.24) is 0 Å². The van der Waals surface area contributed by atoms with E-state index in [1.807, 2.05) is 0 Å². The summed E-state index contributed by atoms with van der Waals surface area (Å²) in [7, 11) is 2.31. The fourth-order valence-electron chi connectivity index (χ4n) is 1.33. The molecular weight excluding hydrogens is 487 g/mol. The molecule has 0 aromatic carbocycles. The zero-order valence-electron chi connectivity index (χ0n) is 17.5. The van der Waals surface area contributed by atoms with Gasteiger partial charge in [0.1, 0.15) is 12.2 Å². The summed E-state index contributed by atoms with van der Waals surface area (Å²) in [6.45, 7) is 2.93. The van der Waals surface area contributed by atoms with E-state index in [-0.39, 0.29) is 117 Å². The average molecular weight is 521 g/mol. The number of hydrogen-bond donors (Lipinski definition) is 1. The van der Waals surface area contributed by atoms with E-state index in [4.69, 9.17) is 5.11 Å². The first kappa shape index (κ1) is 45.4. The molecule has 192 valence electrons. The molecule has 0 saturated heterocycles. The number of ketones is 1. The molecule has 14 heteroatoms. The summed E-state index contributed by atoms with van der Waals surface area (Å²) in [4.78, 5) is 44.4. The van der Waals surface area contributed by atoms with Crippen molar-refractivity contribution in [1.29, 1.82) is 0 Å². The summed E-state index contributed by atoms with van der Waals surface area (Å²) in [5.41, 5.74) is 0. The number of methoxy groups -OCH3 is 2. The standard InChI is InChI=1S/C8H12F2O3.C5H8F2O2.C4H6O4.2CH4.K/c1-13-8(12)5-6(11)3-2-4-7(9)10;6-4(7)2-1-3-5(8)9;1-3(8-6)4(5)7-2;;;/h7H,2-5H2,1H3;4H,1-3H2,(H,8,9);6H,1H2,2H3;2*1H4;/q;;;;;+1/p-1. The van der Waals surface area contributed by atoms with E-state index in [2.05, 4.69) is 20.9 Å². The molecule has 0 fully saturated rings. The van der Waals surface area contributed by atoms with E-state index in [1.54, 1.807) is 0 Å². The Morgan fingerprint density at radius 2 is 1.33 bits per heavy atom. The minimum absolute atomic E-state index is 0. The second-order valence-electron chi connectivity index (χ2n) is 5.25. The molecule has 0 aromatic heterocycles. The Balaban J connectivity index is -0.0000000819. The number of rotatable bonds is 12. The van der Waals surface area contributed by atoms with E-state index in [9.17, 15) is 42.0 Å². The van der Waals surface area contributed by atoms with Crippen molar-refractivity contribution in [2.75, 3.05) is 14.2 Å². The molecule has 1 N–H and O–H groups in total. The molecule has 0 aliphatic carbocycles. The van der Waals surface area contributed by atoms with Gasteiger partial charge < -0.3 is 24.7 Å². The van der Waals surface area contributed by atoms with Gasteiger partial charge >= 0.3 is 69.3 Å². The Bertz CT molecular complexity index is 519. The summed E-state index contributed by atoms with van der Waals surface area (Å²) in [6, 6.07) is 0. The molecule has 0 bridgehead atoms. The van der Waals surface area contributed by atoms with Gasteiger partial charge in [-0.1, -0.05) is 14.9 Å². The summed E-state index contributed by atoms with van der Waals surface area (Å²) in [5.74, 6) is -3.38. The van der Waals surface area contributed by atoms with Crippen molar-refractivity contribution in [3.8, 4) is 0 Å². The third-order valence-corrected chi connectivity index (χ3v) is 2.77. The van der Waals surface area contributed by atoms with Gasteiger partial charge in [-0.25, -0.2) is 22.4 Å². The molecule has 0 aliphatic heterocycles. The first-order valence-electron chi connectivity index (χ1n) is 8.34. The summed E-state index contributed by atoms with van der Waals surface area (Å²) >= 11 is 0. The van der Waals surface area contributed by atoms with Crippen LogP contribution in [0.15, 0.2) is 12.3 Å². The molecule has 0 aromatic rings. The Morgan fingerprint density at radius 3 is 1.61 bits per heavy atom. The van der Waals surface area contributed by atoms with E-state index in [0.29, 0.717) is 0 Å². The number of carbonyl (C=O) groups is 4.